The maximum absolute atomic E-state index is 11.5. The quantitative estimate of drug-likeness (QED) is 0.499. The summed E-state index contributed by atoms with van der Waals surface area (Å²) in [5, 5.41) is 11.4. The van der Waals surface area contributed by atoms with Gasteiger partial charge in [-0.25, -0.2) is 4.79 Å². The fourth-order valence-electron chi connectivity index (χ4n) is 1.13. The average Bonchev–Trinajstić information content (AvgIpc) is 2.31. The lowest BCUT2D eigenvalue weighted by atomic mass is 10.2. The second-order valence-corrected chi connectivity index (χ2v) is 4.34. The van der Waals surface area contributed by atoms with E-state index in [9.17, 15) is 4.79 Å². The molecule has 0 heterocycles. The molecule has 0 saturated heterocycles. The van der Waals surface area contributed by atoms with E-state index in [2.05, 4.69) is 26.5 Å². The molecule has 0 aliphatic heterocycles. The van der Waals surface area contributed by atoms with Crippen LogP contribution in [-0.4, -0.2) is 24.0 Å². The molecule has 0 aliphatic carbocycles. The van der Waals surface area contributed by atoms with Gasteiger partial charge in [0, 0.05) is 4.47 Å². The Labute approximate surface area is 114 Å². The molecular formula is C12H14BrN3O2. The number of hydrazone groups is 1. The van der Waals surface area contributed by atoms with Crippen molar-refractivity contribution in [3.63, 3.8) is 0 Å². The molecule has 2 N–H and O–H groups in total. The van der Waals surface area contributed by atoms with E-state index >= 15 is 0 Å². The Bertz CT molecular complexity index is 469. The number of nitrogens with zero attached hydrogens (tertiary/aromatic N) is 1. The first-order valence-corrected chi connectivity index (χ1v) is 6.15. The van der Waals surface area contributed by atoms with Crippen LogP contribution in [0.4, 0.5) is 5.69 Å². The summed E-state index contributed by atoms with van der Waals surface area (Å²) in [5.74, 6) is -0.602. The molecule has 1 rings (SSSR count). The van der Waals surface area contributed by atoms with Crippen LogP contribution >= 0.6 is 15.9 Å². The third kappa shape index (κ3) is 4.29. The van der Waals surface area contributed by atoms with E-state index in [-0.39, 0.29) is 18.0 Å². The molecule has 0 amide bonds. The number of halogens is 1. The number of carbonyl (C=O) groups excluding carboxylic acids is 1. The lowest BCUT2D eigenvalue weighted by Gasteiger charge is -2.05. The van der Waals surface area contributed by atoms with E-state index in [1.165, 1.54) is 6.92 Å². The van der Waals surface area contributed by atoms with Crippen LogP contribution in [0.15, 0.2) is 33.8 Å². The maximum atomic E-state index is 11.5. The largest absolute Gasteiger partial charge is 0.461 e. The van der Waals surface area contributed by atoms with Gasteiger partial charge in [-0.1, -0.05) is 15.9 Å². The Hall–Kier alpha value is -1.69. The van der Waals surface area contributed by atoms with Crippen LogP contribution in [0.3, 0.4) is 0 Å². The second-order valence-electron chi connectivity index (χ2n) is 3.42. The van der Waals surface area contributed by atoms with Crippen LogP contribution in [0.25, 0.3) is 0 Å². The summed E-state index contributed by atoms with van der Waals surface area (Å²) in [4.78, 5) is 11.5. The van der Waals surface area contributed by atoms with Crippen LogP contribution in [0.5, 0.6) is 0 Å². The number of hydrogen-bond acceptors (Lipinski definition) is 5. The highest BCUT2D eigenvalue weighted by Gasteiger charge is 2.14. The van der Waals surface area contributed by atoms with Crippen molar-refractivity contribution in [2.45, 2.75) is 13.8 Å². The van der Waals surface area contributed by atoms with Crippen molar-refractivity contribution in [2.24, 2.45) is 5.10 Å². The second kappa shape index (κ2) is 6.90. The van der Waals surface area contributed by atoms with E-state index in [0.717, 1.165) is 10.2 Å². The number of anilines is 1. The summed E-state index contributed by atoms with van der Waals surface area (Å²) in [6.45, 7) is 3.44. The first-order chi connectivity index (χ1) is 8.54. The molecule has 1 aromatic rings. The smallest absolute Gasteiger partial charge is 0.360 e. The van der Waals surface area contributed by atoms with Gasteiger partial charge < -0.3 is 10.1 Å². The fourth-order valence-corrected chi connectivity index (χ4v) is 1.39. The van der Waals surface area contributed by atoms with E-state index in [0.29, 0.717) is 0 Å². The highest BCUT2D eigenvalue weighted by atomic mass is 79.9. The van der Waals surface area contributed by atoms with Gasteiger partial charge in [-0.05, 0) is 38.1 Å². The molecule has 0 spiro atoms. The zero-order valence-corrected chi connectivity index (χ0v) is 11.7. The fraction of sp³-hybridized carbons (Fsp3) is 0.250. The zero-order valence-electron chi connectivity index (χ0n) is 10.2. The summed E-state index contributed by atoms with van der Waals surface area (Å²) in [6, 6.07) is 7.30. The van der Waals surface area contributed by atoms with E-state index in [4.69, 9.17) is 10.1 Å². The molecule has 0 aliphatic rings. The molecule has 0 aromatic heterocycles. The van der Waals surface area contributed by atoms with E-state index in [1.807, 2.05) is 12.1 Å². The Morgan fingerprint density at radius 2 is 2.06 bits per heavy atom. The predicted octanol–water partition coefficient (Wildman–Crippen LogP) is 2.82. The zero-order chi connectivity index (χ0) is 13.5. The third-order valence-electron chi connectivity index (χ3n) is 1.97. The molecule has 0 fully saturated rings. The molecule has 0 atom stereocenters. The van der Waals surface area contributed by atoms with Gasteiger partial charge in [-0.3, -0.25) is 5.43 Å². The van der Waals surface area contributed by atoms with Crippen LogP contribution in [0, 0.1) is 5.41 Å². The normalized spacial score (nSPS) is 10.9. The molecular weight excluding hydrogens is 298 g/mol. The van der Waals surface area contributed by atoms with Gasteiger partial charge in [0.2, 0.25) is 0 Å². The van der Waals surface area contributed by atoms with E-state index in [1.54, 1.807) is 19.1 Å². The summed E-state index contributed by atoms with van der Waals surface area (Å²) < 4.78 is 5.76. The van der Waals surface area contributed by atoms with Crippen molar-refractivity contribution < 1.29 is 9.53 Å². The number of carbonyl (C=O) groups is 1. The number of hydrogen-bond donors (Lipinski definition) is 2. The van der Waals surface area contributed by atoms with Crippen molar-refractivity contribution in [1.82, 2.24) is 0 Å². The van der Waals surface area contributed by atoms with Crippen molar-refractivity contribution in [2.75, 3.05) is 12.0 Å². The van der Waals surface area contributed by atoms with Gasteiger partial charge in [0.15, 0.2) is 5.71 Å². The van der Waals surface area contributed by atoms with Crippen LogP contribution < -0.4 is 5.43 Å². The van der Waals surface area contributed by atoms with Crippen molar-refractivity contribution in [3.8, 4) is 0 Å². The molecule has 18 heavy (non-hydrogen) atoms. The Kier molecular flexibility index (Phi) is 5.51. The maximum Gasteiger partial charge on any atom is 0.360 e. The van der Waals surface area contributed by atoms with E-state index < -0.39 is 5.97 Å². The van der Waals surface area contributed by atoms with Crippen molar-refractivity contribution in [3.05, 3.63) is 28.7 Å². The molecule has 6 heteroatoms. The number of ether oxygens (including phenoxy) is 1. The Morgan fingerprint density at radius 3 is 2.56 bits per heavy atom. The number of rotatable bonds is 5. The first-order valence-electron chi connectivity index (χ1n) is 5.36. The average molecular weight is 312 g/mol. The highest BCUT2D eigenvalue weighted by molar-refractivity contribution is 9.10. The van der Waals surface area contributed by atoms with Gasteiger partial charge >= 0.3 is 5.97 Å². The molecule has 0 bridgehead atoms. The first kappa shape index (κ1) is 14.4. The van der Waals surface area contributed by atoms with Crippen LogP contribution in [0.1, 0.15) is 13.8 Å². The summed E-state index contributed by atoms with van der Waals surface area (Å²) in [5.41, 5.74) is 3.47. The highest BCUT2D eigenvalue weighted by Crippen LogP contribution is 2.14. The molecule has 0 saturated carbocycles. The van der Waals surface area contributed by atoms with Gasteiger partial charge in [-0.15, -0.1) is 0 Å². The minimum absolute atomic E-state index is 0.0280. The molecule has 1 aromatic carbocycles. The van der Waals surface area contributed by atoms with Gasteiger partial charge in [0.1, 0.15) is 0 Å². The number of esters is 1. The standard InChI is InChI=1S/C12H14BrN3O2/c1-3-18-12(17)11(8(2)14)16-15-10-6-4-9(13)5-7-10/h4-7,14-15H,3H2,1-2H3. The van der Waals surface area contributed by atoms with Crippen LogP contribution in [0.2, 0.25) is 0 Å². The number of benzene rings is 1. The van der Waals surface area contributed by atoms with Gasteiger partial charge in [0.05, 0.1) is 18.0 Å². The topological polar surface area (TPSA) is 74.5 Å². The molecule has 96 valence electrons. The van der Waals surface area contributed by atoms with Gasteiger partial charge in [-0.2, -0.15) is 5.10 Å². The minimum Gasteiger partial charge on any atom is -0.461 e. The molecule has 0 unspecified atom stereocenters. The Balaban J connectivity index is 2.80. The Morgan fingerprint density at radius 1 is 1.44 bits per heavy atom. The SMILES string of the molecule is CCOC(=O)C(=NNc1ccc(Br)cc1)C(C)=N. The van der Waals surface area contributed by atoms with Gasteiger partial charge in [0.25, 0.3) is 0 Å². The minimum atomic E-state index is -0.602. The predicted molar refractivity (Wildman–Crippen MR) is 75.2 cm³/mol. The monoisotopic (exact) mass is 311 g/mol. The summed E-state index contributed by atoms with van der Waals surface area (Å²) in [6.07, 6.45) is 0. The third-order valence-corrected chi connectivity index (χ3v) is 2.49. The lowest BCUT2D eigenvalue weighted by molar-refractivity contribution is -0.134. The van der Waals surface area contributed by atoms with Crippen molar-refractivity contribution in [1.29, 1.82) is 5.41 Å². The summed E-state index contributed by atoms with van der Waals surface area (Å²) in [7, 11) is 0. The molecule has 5 nitrogen and oxygen atoms in total. The molecule has 0 radical (unpaired) electrons. The summed E-state index contributed by atoms with van der Waals surface area (Å²) >= 11 is 3.32. The lowest BCUT2D eigenvalue weighted by Crippen LogP contribution is -2.25. The number of nitrogens with one attached hydrogen (secondary N) is 2. The van der Waals surface area contributed by atoms with Crippen LogP contribution in [-0.2, 0) is 9.53 Å². The van der Waals surface area contributed by atoms with Crippen molar-refractivity contribution >= 4 is 39.0 Å².